The second-order valence-corrected chi connectivity index (χ2v) is 4.84. The zero-order valence-corrected chi connectivity index (χ0v) is 13.0. The smallest absolute Gasteiger partial charge is 0.273 e. The predicted octanol–water partition coefficient (Wildman–Crippen LogP) is 2.51. The minimum atomic E-state index is -0.271. The van der Waals surface area contributed by atoms with Gasteiger partial charge in [-0.15, -0.1) is 0 Å². The molecule has 0 saturated carbocycles. The van der Waals surface area contributed by atoms with Crippen molar-refractivity contribution >= 4 is 5.91 Å². The average molecular weight is 304 g/mol. The first-order valence-corrected chi connectivity index (χ1v) is 7.08. The van der Waals surface area contributed by atoms with Crippen molar-refractivity contribution in [2.24, 2.45) is 0 Å². The summed E-state index contributed by atoms with van der Waals surface area (Å²) in [5.41, 5.74) is 1.08. The van der Waals surface area contributed by atoms with Gasteiger partial charge in [0, 0.05) is 18.7 Å². The lowest BCUT2D eigenvalue weighted by Gasteiger charge is -2.14. The molecular weight excluding hydrogens is 284 g/mol. The van der Waals surface area contributed by atoms with Crippen LogP contribution in [0.25, 0.3) is 11.3 Å². The number of aromatic nitrogens is 1. The molecule has 6 nitrogen and oxygen atoms in total. The Morgan fingerprint density at radius 3 is 2.64 bits per heavy atom. The van der Waals surface area contributed by atoms with Gasteiger partial charge in [-0.25, -0.2) is 0 Å². The van der Waals surface area contributed by atoms with Crippen LogP contribution in [-0.2, 0) is 4.74 Å². The summed E-state index contributed by atoms with van der Waals surface area (Å²) in [4.78, 5) is 12.1. The fraction of sp³-hybridized carbons (Fsp3) is 0.375. The Balaban J connectivity index is 2.08. The first-order valence-electron chi connectivity index (χ1n) is 7.08. The maximum Gasteiger partial charge on any atom is 0.273 e. The van der Waals surface area contributed by atoms with Crippen molar-refractivity contribution in [2.75, 3.05) is 20.8 Å². The van der Waals surface area contributed by atoms with Crippen molar-refractivity contribution in [3.63, 3.8) is 0 Å². The van der Waals surface area contributed by atoms with Crippen molar-refractivity contribution < 1.29 is 18.8 Å². The largest absolute Gasteiger partial charge is 0.497 e. The van der Waals surface area contributed by atoms with Gasteiger partial charge in [0.15, 0.2) is 11.5 Å². The number of hydrogen-bond acceptors (Lipinski definition) is 5. The number of amides is 1. The molecule has 118 valence electrons. The number of benzene rings is 1. The molecule has 6 heteroatoms. The van der Waals surface area contributed by atoms with Crippen molar-refractivity contribution in [3.05, 3.63) is 36.0 Å². The zero-order valence-electron chi connectivity index (χ0n) is 13.0. The molecule has 0 aliphatic carbocycles. The van der Waals surface area contributed by atoms with E-state index in [0.717, 1.165) is 17.7 Å². The highest BCUT2D eigenvalue weighted by atomic mass is 16.5. The Labute approximate surface area is 129 Å². The second-order valence-electron chi connectivity index (χ2n) is 4.84. The molecule has 2 aromatic rings. The van der Waals surface area contributed by atoms with Crippen LogP contribution in [-0.4, -0.2) is 37.9 Å². The normalized spacial score (nSPS) is 12.0. The number of nitrogens with zero attached hydrogens (tertiary/aromatic N) is 1. The average Bonchev–Trinajstić information content (AvgIpc) is 3.04. The van der Waals surface area contributed by atoms with Crippen LogP contribution in [0.2, 0.25) is 0 Å². The van der Waals surface area contributed by atoms with E-state index in [1.807, 2.05) is 31.2 Å². The molecule has 0 fully saturated rings. The lowest BCUT2D eigenvalue weighted by atomic mass is 10.1. The summed E-state index contributed by atoms with van der Waals surface area (Å²) < 4.78 is 15.4. The predicted molar refractivity (Wildman–Crippen MR) is 81.9 cm³/mol. The summed E-state index contributed by atoms with van der Waals surface area (Å²) in [6, 6.07) is 8.92. The molecular formula is C16H20N2O4. The number of rotatable bonds is 7. The molecule has 0 saturated heterocycles. The van der Waals surface area contributed by atoms with E-state index >= 15 is 0 Å². The van der Waals surface area contributed by atoms with Crippen LogP contribution in [0.3, 0.4) is 0 Å². The number of carbonyl (C=O) groups excluding carboxylic acids is 1. The minimum absolute atomic E-state index is 0.0429. The zero-order chi connectivity index (χ0) is 15.9. The van der Waals surface area contributed by atoms with Crippen LogP contribution < -0.4 is 10.1 Å². The standard InChI is InChI=1S/C16H20N2O4/c1-4-12(10-20-2)17-16(19)14-9-15(22-18-14)11-5-7-13(21-3)8-6-11/h5-9,12H,4,10H2,1-3H3,(H,17,19). The van der Waals surface area contributed by atoms with Crippen LogP contribution in [0.15, 0.2) is 34.9 Å². The van der Waals surface area contributed by atoms with Gasteiger partial charge in [0.2, 0.25) is 0 Å². The fourth-order valence-corrected chi connectivity index (χ4v) is 2.00. The molecule has 1 heterocycles. The Morgan fingerprint density at radius 2 is 2.05 bits per heavy atom. The third-order valence-corrected chi connectivity index (χ3v) is 3.31. The Morgan fingerprint density at radius 1 is 1.32 bits per heavy atom. The van der Waals surface area contributed by atoms with E-state index in [4.69, 9.17) is 14.0 Å². The van der Waals surface area contributed by atoms with Crippen molar-refractivity contribution in [1.82, 2.24) is 10.5 Å². The number of hydrogen-bond donors (Lipinski definition) is 1. The SMILES string of the molecule is CCC(COC)NC(=O)c1cc(-c2ccc(OC)cc2)on1. The van der Waals surface area contributed by atoms with E-state index in [9.17, 15) is 4.79 Å². The van der Waals surface area contributed by atoms with E-state index < -0.39 is 0 Å². The van der Waals surface area contributed by atoms with Crippen LogP contribution in [0.4, 0.5) is 0 Å². The Bertz CT molecular complexity index is 607. The van der Waals surface area contributed by atoms with E-state index in [2.05, 4.69) is 10.5 Å². The van der Waals surface area contributed by atoms with Gasteiger partial charge in [-0.05, 0) is 30.7 Å². The summed E-state index contributed by atoms with van der Waals surface area (Å²) in [5, 5.41) is 6.68. The number of carbonyl (C=O) groups is 1. The Hall–Kier alpha value is -2.34. The van der Waals surface area contributed by atoms with E-state index in [1.54, 1.807) is 20.3 Å². The van der Waals surface area contributed by atoms with Gasteiger partial charge in [0.1, 0.15) is 5.75 Å². The molecule has 1 amide bonds. The maximum absolute atomic E-state index is 12.1. The minimum Gasteiger partial charge on any atom is -0.497 e. The molecule has 1 unspecified atom stereocenters. The molecule has 1 atom stereocenters. The molecule has 0 bridgehead atoms. The van der Waals surface area contributed by atoms with Gasteiger partial charge < -0.3 is 19.3 Å². The molecule has 22 heavy (non-hydrogen) atoms. The van der Waals surface area contributed by atoms with Crippen molar-refractivity contribution in [1.29, 1.82) is 0 Å². The van der Waals surface area contributed by atoms with Gasteiger partial charge >= 0.3 is 0 Å². The Kier molecular flexibility index (Phi) is 5.55. The lowest BCUT2D eigenvalue weighted by Crippen LogP contribution is -2.37. The number of nitrogens with one attached hydrogen (secondary N) is 1. The molecule has 0 aliphatic rings. The molecule has 1 aromatic carbocycles. The molecule has 1 N–H and O–H groups in total. The van der Waals surface area contributed by atoms with Gasteiger partial charge in [0.05, 0.1) is 19.8 Å². The number of ether oxygens (including phenoxy) is 2. The van der Waals surface area contributed by atoms with Crippen LogP contribution in [0.5, 0.6) is 5.75 Å². The van der Waals surface area contributed by atoms with Crippen LogP contribution in [0.1, 0.15) is 23.8 Å². The first-order chi connectivity index (χ1) is 10.7. The number of methoxy groups -OCH3 is 2. The van der Waals surface area contributed by atoms with Gasteiger partial charge in [-0.2, -0.15) is 0 Å². The van der Waals surface area contributed by atoms with Gasteiger partial charge in [-0.3, -0.25) is 4.79 Å². The highest BCUT2D eigenvalue weighted by Crippen LogP contribution is 2.23. The van der Waals surface area contributed by atoms with Gasteiger partial charge in [-0.1, -0.05) is 12.1 Å². The summed E-state index contributed by atoms with van der Waals surface area (Å²) in [6.45, 7) is 2.45. The molecule has 0 radical (unpaired) electrons. The molecule has 2 rings (SSSR count). The monoisotopic (exact) mass is 304 g/mol. The summed E-state index contributed by atoms with van der Waals surface area (Å²) in [5.74, 6) is 1.02. The van der Waals surface area contributed by atoms with Crippen LogP contribution in [0, 0.1) is 0 Å². The lowest BCUT2D eigenvalue weighted by molar-refractivity contribution is 0.0886. The van der Waals surface area contributed by atoms with Gasteiger partial charge in [0.25, 0.3) is 5.91 Å². The molecule has 0 aliphatic heterocycles. The van der Waals surface area contributed by atoms with E-state index in [1.165, 1.54) is 0 Å². The quantitative estimate of drug-likeness (QED) is 0.850. The van der Waals surface area contributed by atoms with Crippen molar-refractivity contribution in [3.8, 4) is 17.1 Å². The third kappa shape index (κ3) is 3.85. The highest BCUT2D eigenvalue weighted by molar-refractivity contribution is 5.93. The van der Waals surface area contributed by atoms with E-state index in [-0.39, 0.29) is 17.6 Å². The summed E-state index contributed by atoms with van der Waals surface area (Å²) in [7, 11) is 3.21. The third-order valence-electron chi connectivity index (χ3n) is 3.31. The molecule has 0 spiro atoms. The summed E-state index contributed by atoms with van der Waals surface area (Å²) >= 11 is 0. The van der Waals surface area contributed by atoms with E-state index in [0.29, 0.717) is 12.4 Å². The second kappa shape index (κ2) is 7.61. The topological polar surface area (TPSA) is 73.6 Å². The maximum atomic E-state index is 12.1. The first kappa shape index (κ1) is 16.0. The fourth-order valence-electron chi connectivity index (χ4n) is 2.00. The summed E-state index contributed by atoms with van der Waals surface area (Å²) in [6.07, 6.45) is 0.781. The van der Waals surface area contributed by atoms with Crippen LogP contribution >= 0.6 is 0 Å². The molecule has 1 aromatic heterocycles. The van der Waals surface area contributed by atoms with Crippen molar-refractivity contribution in [2.45, 2.75) is 19.4 Å². The highest BCUT2D eigenvalue weighted by Gasteiger charge is 2.17.